The van der Waals surface area contributed by atoms with Gasteiger partial charge in [-0.1, -0.05) is 11.6 Å². The molecule has 0 saturated carbocycles. The largest absolute Gasteiger partial charge is 0.494 e. The van der Waals surface area contributed by atoms with E-state index in [1.807, 2.05) is 0 Å². The molecule has 0 aliphatic rings. The zero-order chi connectivity index (χ0) is 15.7. The van der Waals surface area contributed by atoms with Crippen LogP contribution in [0.3, 0.4) is 0 Å². The van der Waals surface area contributed by atoms with E-state index < -0.39 is 0 Å². The molecule has 3 rings (SSSR count). The van der Waals surface area contributed by atoms with Crippen molar-refractivity contribution in [3.63, 3.8) is 0 Å². The van der Waals surface area contributed by atoms with E-state index in [0.717, 1.165) is 10.9 Å². The number of Topliss-reactive ketones (excluding diaryl/α,β-unsaturated/α-hetero) is 1. The number of hydrogen-bond acceptors (Lipinski definition) is 3. The number of aromatic hydroxyl groups is 1. The molecule has 0 atom stereocenters. The van der Waals surface area contributed by atoms with Crippen LogP contribution in [-0.2, 0) is 0 Å². The van der Waals surface area contributed by atoms with Crippen LogP contribution in [0.25, 0.3) is 10.9 Å². The molecule has 3 aromatic rings. The Bertz CT molecular complexity index is 880. The van der Waals surface area contributed by atoms with Crippen molar-refractivity contribution in [3.05, 3.63) is 58.6 Å². The molecule has 0 fully saturated rings. The van der Waals surface area contributed by atoms with Crippen molar-refractivity contribution in [3.8, 4) is 5.88 Å². The predicted molar refractivity (Wildman–Crippen MR) is 88.7 cm³/mol. The van der Waals surface area contributed by atoms with E-state index in [1.54, 1.807) is 48.7 Å². The Hall–Kier alpha value is -2.59. The number of aromatic amines is 1. The number of rotatable bonds is 3. The lowest BCUT2D eigenvalue weighted by Gasteiger charge is -1.97. The summed E-state index contributed by atoms with van der Waals surface area (Å²) in [5, 5.41) is 11.4. The first kappa shape index (κ1) is 14.4. The van der Waals surface area contributed by atoms with E-state index in [4.69, 9.17) is 11.6 Å². The van der Waals surface area contributed by atoms with Crippen molar-refractivity contribution < 1.29 is 9.90 Å². The third kappa shape index (κ3) is 2.73. The standard InChI is InChI=1S/C17H13ClN2O2/c1-10(21)11-2-5-13(6-3-11)19-9-15-14-8-12(18)4-7-16(14)20-17(15)22/h2-9,20,22H,1H3. The maximum atomic E-state index is 11.2. The Morgan fingerprint density at radius 2 is 1.95 bits per heavy atom. The highest BCUT2D eigenvalue weighted by Gasteiger charge is 2.09. The van der Waals surface area contributed by atoms with Gasteiger partial charge in [0.2, 0.25) is 0 Å². The molecule has 0 bridgehead atoms. The van der Waals surface area contributed by atoms with Crippen LogP contribution in [0.15, 0.2) is 47.5 Å². The average Bonchev–Trinajstić information content (AvgIpc) is 2.80. The van der Waals surface area contributed by atoms with Gasteiger partial charge >= 0.3 is 0 Å². The summed E-state index contributed by atoms with van der Waals surface area (Å²) in [5.74, 6) is 0.0563. The molecule has 0 aliphatic heterocycles. The molecule has 110 valence electrons. The Labute approximate surface area is 132 Å². The van der Waals surface area contributed by atoms with Gasteiger partial charge in [0.15, 0.2) is 11.7 Å². The summed E-state index contributed by atoms with van der Waals surface area (Å²) in [6.07, 6.45) is 1.58. The van der Waals surface area contributed by atoms with E-state index in [2.05, 4.69) is 9.98 Å². The first-order chi connectivity index (χ1) is 10.5. The zero-order valence-corrected chi connectivity index (χ0v) is 12.6. The Morgan fingerprint density at radius 3 is 2.64 bits per heavy atom. The number of aliphatic imine (C=N–C) groups is 1. The maximum absolute atomic E-state index is 11.2. The van der Waals surface area contributed by atoms with Gasteiger partial charge in [-0.3, -0.25) is 9.79 Å². The SMILES string of the molecule is CC(=O)c1ccc(N=Cc2c(O)[nH]c3ccc(Cl)cc23)cc1. The fourth-order valence-corrected chi connectivity index (χ4v) is 2.39. The minimum Gasteiger partial charge on any atom is -0.494 e. The minimum atomic E-state index is 0.0134. The molecule has 1 heterocycles. The number of ketones is 1. The molecule has 0 unspecified atom stereocenters. The maximum Gasteiger partial charge on any atom is 0.198 e. The topological polar surface area (TPSA) is 65.4 Å². The van der Waals surface area contributed by atoms with Gasteiger partial charge in [-0.25, -0.2) is 0 Å². The third-order valence-electron chi connectivity index (χ3n) is 3.40. The molecule has 0 amide bonds. The van der Waals surface area contributed by atoms with Gasteiger partial charge in [0.05, 0.1) is 11.3 Å². The lowest BCUT2D eigenvalue weighted by molar-refractivity contribution is 0.101. The molecule has 0 saturated heterocycles. The van der Waals surface area contributed by atoms with Crippen LogP contribution >= 0.6 is 11.6 Å². The zero-order valence-electron chi connectivity index (χ0n) is 11.8. The summed E-state index contributed by atoms with van der Waals surface area (Å²) in [6.45, 7) is 1.52. The van der Waals surface area contributed by atoms with Gasteiger partial charge in [0, 0.05) is 27.7 Å². The average molecular weight is 313 g/mol. The number of halogens is 1. The molecular formula is C17H13ClN2O2. The highest BCUT2D eigenvalue weighted by Crippen LogP contribution is 2.28. The third-order valence-corrected chi connectivity index (χ3v) is 3.63. The molecule has 0 radical (unpaired) electrons. The number of carbonyl (C=O) groups is 1. The number of hydrogen-bond donors (Lipinski definition) is 2. The van der Waals surface area contributed by atoms with Gasteiger partial charge in [0.25, 0.3) is 0 Å². The Kier molecular flexibility index (Phi) is 3.69. The fraction of sp³-hybridized carbons (Fsp3) is 0.0588. The number of nitrogens with zero attached hydrogens (tertiary/aromatic N) is 1. The summed E-state index contributed by atoms with van der Waals surface area (Å²) in [7, 11) is 0. The summed E-state index contributed by atoms with van der Waals surface area (Å²) >= 11 is 5.99. The van der Waals surface area contributed by atoms with Crippen molar-refractivity contribution >= 4 is 40.2 Å². The molecule has 2 N–H and O–H groups in total. The highest BCUT2D eigenvalue weighted by molar-refractivity contribution is 6.31. The normalized spacial score (nSPS) is 11.4. The molecule has 5 heteroatoms. The van der Waals surface area contributed by atoms with Crippen LogP contribution in [0.4, 0.5) is 5.69 Å². The lowest BCUT2D eigenvalue weighted by Crippen LogP contribution is -1.89. The quantitative estimate of drug-likeness (QED) is 0.553. The van der Waals surface area contributed by atoms with E-state index in [-0.39, 0.29) is 11.7 Å². The van der Waals surface area contributed by atoms with Crippen molar-refractivity contribution in [1.29, 1.82) is 0 Å². The summed E-state index contributed by atoms with van der Waals surface area (Å²) < 4.78 is 0. The van der Waals surface area contributed by atoms with Crippen molar-refractivity contribution in [2.24, 2.45) is 4.99 Å². The van der Waals surface area contributed by atoms with Crippen molar-refractivity contribution in [2.75, 3.05) is 0 Å². The molecule has 22 heavy (non-hydrogen) atoms. The van der Waals surface area contributed by atoms with Crippen LogP contribution in [0.2, 0.25) is 5.02 Å². The molecule has 0 aliphatic carbocycles. The van der Waals surface area contributed by atoms with Gasteiger partial charge in [-0.15, -0.1) is 0 Å². The van der Waals surface area contributed by atoms with E-state index in [1.165, 1.54) is 6.92 Å². The predicted octanol–water partition coefficient (Wildman–Crippen LogP) is 4.48. The Morgan fingerprint density at radius 1 is 1.23 bits per heavy atom. The van der Waals surface area contributed by atoms with E-state index >= 15 is 0 Å². The lowest BCUT2D eigenvalue weighted by atomic mass is 10.1. The molecule has 4 nitrogen and oxygen atoms in total. The Balaban J connectivity index is 1.96. The van der Waals surface area contributed by atoms with Crippen LogP contribution < -0.4 is 0 Å². The fourth-order valence-electron chi connectivity index (χ4n) is 2.22. The first-order valence-corrected chi connectivity index (χ1v) is 7.07. The molecule has 0 spiro atoms. The molecule has 1 aromatic heterocycles. The summed E-state index contributed by atoms with van der Waals surface area (Å²) in [4.78, 5) is 18.4. The van der Waals surface area contributed by atoms with Crippen LogP contribution in [0.1, 0.15) is 22.8 Å². The number of fused-ring (bicyclic) bond motifs is 1. The second-order valence-electron chi connectivity index (χ2n) is 4.94. The minimum absolute atomic E-state index is 0.0134. The van der Waals surface area contributed by atoms with Gasteiger partial charge < -0.3 is 10.1 Å². The molecular weight excluding hydrogens is 300 g/mol. The highest BCUT2D eigenvalue weighted by atomic mass is 35.5. The number of H-pyrrole nitrogens is 1. The number of aromatic nitrogens is 1. The second kappa shape index (κ2) is 5.66. The monoisotopic (exact) mass is 312 g/mol. The number of nitrogens with one attached hydrogen (secondary N) is 1. The van der Waals surface area contributed by atoms with Crippen LogP contribution in [0, 0.1) is 0 Å². The van der Waals surface area contributed by atoms with E-state index in [0.29, 0.717) is 21.8 Å². The van der Waals surface area contributed by atoms with Gasteiger partial charge in [-0.05, 0) is 49.4 Å². The van der Waals surface area contributed by atoms with E-state index in [9.17, 15) is 9.90 Å². The van der Waals surface area contributed by atoms with Crippen molar-refractivity contribution in [2.45, 2.75) is 6.92 Å². The summed E-state index contributed by atoms with van der Waals surface area (Å²) in [5.41, 5.74) is 2.70. The molecule has 2 aromatic carbocycles. The van der Waals surface area contributed by atoms with Crippen molar-refractivity contribution in [1.82, 2.24) is 4.98 Å². The first-order valence-electron chi connectivity index (χ1n) is 6.70. The van der Waals surface area contributed by atoms with Crippen LogP contribution in [-0.4, -0.2) is 22.1 Å². The van der Waals surface area contributed by atoms with Gasteiger partial charge in [0.1, 0.15) is 0 Å². The van der Waals surface area contributed by atoms with Crippen LogP contribution in [0.5, 0.6) is 5.88 Å². The smallest absolute Gasteiger partial charge is 0.198 e. The second-order valence-corrected chi connectivity index (χ2v) is 5.37. The number of benzene rings is 2. The van der Waals surface area contributed by atoms with Gasteiger partial charge in [-0.2, -0.15) is 0 Å². The summed E-state index contributed by atoms with van der Waals surface area (Å²) in [6, 6.07) is 12.3. The number of carbonyl (C=O) groups excluding carboxylic acids is 1.